The molecule has 43 heavy (non-hydrogen) atoms. The number of hydrogen-bond donors (Lipinski definition) is 1. The second-order valence-electron chi connectivity index (χ2n) is 12.6. The fourth-order valence-electron chi connectivity index (χ4n) is 8.10. The van der Waals surface area contributed by atoms with Crippen molar-refractivity contribution in [2.45, 2.75) is 62.7 Å². The molecule has 0 aromatic heterocycles. The SMILES string of the molecule is CCC(C)[C@@H]1N2C(=O)CN(C)N(C(=O)NCc3ccccc3)[C@H]2CN2CC(c3ccccc3)C3=CC4OC(/C=C\C=C3)C412. The molecule has 3 fully saturated rings. The molecule has 2 aromatic carbocycles. The van der Waals surface area contributed by atoms with Crippen LogP contribution in [-0.2, 0) is 16.1 Å². The number of hydrogen-bond acceptors (Lipinski definition) is 5. The molecule has 0 radical (unpaired) electrons. The summed E-state index contributed by atoms with van der Waals surface area (Å²) >= 11 is 0. The van der Waals surface area contributed by atoms with Gasteiger partial charge in [-0.3, -0.25) is 9.69 Å². The first-order valence-electron chi connectivity index (χ1n) is 15.6. The maximum absolute atomic E-state index is 14.1. The summed E-state index contributed by atoms with van der Waals surface area (Å²) in [5.74, 6) is 0.388. The van der Waals surface area contributed by atoms with Gasteiger partial charge in [0.15, 0.2) is 0 Å². The zero-order valence-electron chi connectivity index (χ0n) is 25.2. The van der Waals surface area contributed by atoms with Gasteiger partial charge in [0.2, 0.25) is 5.91 Å². The number of piperazine rings is 1. The summed E-state index contributed by atoms with van der Waals surface area (Å²) in [5, 5.41) is 6.72. The van der Waals surface area contributed by atoms with Gasteiger partial charge in [-0.25, -0.2) is 14.8 Å². The molecule has 5 unspecified atom stereocenters. The summed E-state index contributed by atoms with van der Waals surface area (Å²) in [6, 6.07) is 20.3. The van der Waals surface area contributed by atoms with Crippen LogP contribution >= 0.6 is 0 Å². The highest BCUT2D eigenvalue weighted by Gasteiger charge is 2.70. The van der Waals surface area contributed by atoms with Crippen molar-refractivity contribution in [1.29, 1.82) is 0 Å². The molecule has 2 aromatic rings. The Hall–Kier alpha value is -3.72. The van der Waals surface area contributed by atoms with Gasteiger partial charge in [-0.15, -0.1) is 0 Å². The van der Waals surface area contributed by atoms with E-state index < -0.39 is 11.7 Å². The lowest BCUT2D eigenvalue weighted by Gasteiger charge is -2.70. The van der Waals surface area contributed by atoms with Crippen molar-refractivity contribution in [2.75, 3.05) is 26.7 Å². The number of allylic oxidation sites excluding steroid dienone is 3. The first kappa shape index (κ1) is 28.1. The topological polar surface area (TPSA) is 68.4 Å². The largest absolute Gasteiger partial charge is 0.363 e. The fourth-order valence-corrected chi connectivity index (χ4v) is 8.10. The highest BCUT2D eigenvalue weighted by atomic mass is 16.5. The number of ether oxygens (including phenoxy) is 1. The number of benzene rings is 2. The van der Waals surface area contributed by atoms with Crippen LogP contribution in [0, 0.1) is 5.92 Å². The van der Waals surface area contributed by atoms with Gasteiger partial charge < -0.3 is 15.0 Å². The van der Waals surface area contributed by atoms with Gasteiger partial charge in [0.05, 0.1) is 12.6 Å². The molecule has 3 bridgehead atoms. The molecule has 7 rings (SSSR count). The van der Waals surface area contributed by atoms with E-state index in [9.17, 15) is 9.59 Å². The molecule has 5 heterocycles. The number of nitrogens with one attached hydrogen (secondary N) is 1. The van der Waals surface area contributed by atoms with E-state index in [0.29, 0.717) is 13.1 Å². The zero-order valence-corrected chi connectivity index (χ0v) is 25.2. The summed E-state index contributed by atoms with van der Waals surface area (Å²) in [4.78, 5) is 32.7. The minimum atomic E-state index is -0.436. The van der Waals surface area contributed by atoms with Crippen molar-refractivity contribution in [3.63, 3.8) is 0 Å². The average Bonchev–Trinajstić information content (AvgIpc) is 3.11. The van der Waals surface area contributed by atoms with Crippen molar-refractivity contribution in [2.24, 2.45) is 5.92 Å². The monoisotopic (exact) mass is 579 g/mol. The van der Waals surface area contributed by atoms with Gasteiger partial charge in [0, 0.05) is 32.6 Å². The number of hydrazine groups is 1. The lowest BCUT2D eigenvalue weighted by atomic mass is 9.65. The number of carbonyl (C=O) groups is 2. The number of likely N-dealkylation sites (N-methyl/N-ethyl adjacent to an activating group) is 1. The Morgan fingerprint density at radius 3 is 2.53 bits per heavy atom. The van der Waals surface area contributed by atoms with E-state index in [1.54, 1.807) is 10.0 Å². The Labute approximate surface area is 254 Å². The molecule has 0 saturated carbocycles. The van der Waals surface area contributed by atoms with Crippen LogP contribution in [0.3, 0.4) is 0 Å². The van der Waals surface area contributed by atoms with Crippen molar-refractivity contribution >= 4 is 11.9 Å². The maximum atomic E-state index is 14.1. The second kappa shape index (κ2) is 11.1. The van der Waals surface area contributed by atoms with Crippen molar-refractivity contribution < 1.29 is 14.3 Å². The van der Waals surface area contributed by atoms with Crippen molar-refractivity contribution in [3.8, 4) is 0 Å². The third-order valence-corrected chi connectivity index (χ3v) is 10.2. The van der Waals surface area contributed by atoms with Crippen LogP contribution in [0.5, 0.6) is 0 Å². The summed E-state index contributed by atoms with van der Waals surface area (Å²) in [7, 11) is 1.85. The minimum absolute atomic E-state index is 0.0633. The Kier molecular flexibility index (Phi) is 7.24. The van der Waals surface area contributed by atoms with E-state index in [1.165, 1.54) is 11.1 Å². The van der Waals surface area contributed by atoms with Gasteiger partial charge in [-0.1, -0.05) is 105 Å². The maximum Gasteiger partial charge on any atom is 0.334 e. The quantitative estimate of drug-likeness (QED) is 0.572. The van der Waals surface area contributed by atoms with Crippen LogP contribution in [0.25, 0.3) is 0 Å². The third kappa shape index (κ3) is 4.46. The van der Waals surface area contributed by atoms with Crippen LogP contribution in [0.4, 0.5) is 4.79 Å². The molecule has 8 nitrogen and oxygen atoms in total. The van der Waals surface area contributed by atoms with E-state index in [0.717, 1.165) is 18.5 Å². The Bertz CT molecular complexity index is 1460. The van der Waals surface area contributed by atoms with Gasteiger partial charge in [0.1, 0.15) is 23.9 Å². The highest BCUT2D eigenvalue weighted by Crippen LogP contribution is 2.54. The van der Waals surface area contributed by atoms with Gasteiger partial charge in [-0.05, 0) is 28.7 Å². The number of fused-ring (bicyclic) bond motifs is 2. The molecule has 0 aliphatic carbocycles. The molecule has 224 valence electrons. The number of carbonyl (C=O) groups excluding carboxylic acids is 2. The first-order chi connectivity index (χ1) is 20.9. The van der Waals surface area contributed by atoms with Crippen LogP contribution < -0.4 is 5.32 Å². The second-order valence-corrected chi connectivity index (χ2v) is 12.6. The first-order valence-corrected chi connectivity index (χ1v) is 15.6. The Morgan fingerprint density at radius 2 is 1.79 bits per heavy atom. The van der Waals surface area contributed by atoms with Gasteiger partial charge >= 0.3 is 6.03 Å². The molecule has 5 aliphatic rings. The molecule has 1 spiro atoms. The fraction of sp³-hybridized carbons (Fsp3) is 0.429. The molecule has 1 N–H and O–H groups in total. The zero-order chi connectivity index (χ0) is 29.7. The predicted octanol–water partition coefficient (Wildman–Crippen LogP) is 4.30. The summed E-state index contributed by atoms with van der Waals surface area (Å²) < 4.78 is 6.66. The van der Waals surface area contributed by atoms with Crippen LogP contribution in [0.1, 0.15) is 37.3 Å². The van der Waals surface area contributed by atoms with Gasteiger partial charge in [-0.2, -0.15) is 0 Å². The summed E-state index contributed by atoms with van der Waals surface area (Å²) in [6.07, 6.45) is 11.1. The molecule has 7 atom stereocenters. The molecular formula is C35H41N5O3. The molecular weight excluding hydrogens is 538 g/mol. The molecule has 3 amide bonds. The van der Waals surface area contributed by atoms with Crippen molar-refractivity contribution in [1.82, 2.24) is 25.1 Å². The Morgan fingerprint density at radius 1 is 1.05 bits per heavy atom. The van der Waals surface area contributed by atoms with Crippen LogP contribution in [0.15, 0.2) is 96.6 Å². The number of rotatable bonds is 5. The Balaban J connectivity index is 1.32. The number of nitrogens with zero attached hydrogens (tertiary/aromatic N) is 4. The number of amides is 3. The lowest BCUT2D eigenvalue weighted by molar-refractivity contribution is -0.291. The third-order valence-electron chi connectivity index (χ3n) is 10.2. The standard InChI is InChI=1S/C35H41N5O3/c1-4-24(2)33-35-29-18-12-11-17-27(19-30(35)43-29)28(26-15-9-6-10-16-26)21-38(35)22-31-39(33)32(41)23-37(3)40(31)34(42)36-20-25-13-7-5-8-14-25/h5-19,24,28-31,33H,4,20-23H2,1-3H3,(H,36,42)/b17-11?,18-12-/t24?,28?,29?,30?,31-,33-,35?/m0/s1. The van der Waals surface area contributed by atoms with E-state index in [-0.39, 0.29) is 48.6 Å². The van der Waals surface area contributed by atoms with E-state index in [2.05, 4.69) is 89.7 Å². The van der Waals surface area contributed by atoms with Crippen LogP contribution in [-0.4, -0.2) is 88.4 Å². The average molecular weight is 580 g/mol. The minimum Gasteiger partial charge on any atom is -0.363 e. The number of urea groups is 1. The van der Waals surface area contributed by atoms with E-state index in [1.807, 2.05) is 37.4 Å². The van der Waals surface area contributed by atoms with E-state index >= 15 is 0 Å². The van der Waals surface area contributed by atoms with E-state index in [4.69, 9.17) is 4.74 Å². The normalized spacial score (nSPS) is 33.1. The highest BCUT2D eigenvalue weighted by molar-refractivity contribution is 5.83. The molecule has 8 heteroatoms. The summed E-state index contributed by atoms with van der Waals surface area (Å²) in [6.45, 7) is 6.35. The van der Waals surface area contributed by atoms with Crippen molar-refractivity contribution in [3.05, 3.63) is 108 Å². The lowest BCUT2D eigenvalue weighted by Crippen LogP contribution is -2.89. The molecule has 5 aliphatic heterocycles. The predicted molar refractivity (Wildman–Crippen MR) is 166 cm³/mol. The smallest absolute Gasteiger partial charge is 0.334 e. The van der Waals surface area contributed by atoms with Gasteiger partial charge in [0.25, 0.3) is 0 Å². The van der Waals surface area contributed by atoms with Crippen LogP contribution in [0.2, 0.25) is 0 Å². The summed E-state index contributed by atoms with van der Waals surface area (Å²) in [5.41, 5.74) is 3.09. The molecule has 3 saturated heterocycles.